The molecule has 3 aromatic rings. The molecule has 1 amide bonds. The predicted octanol–water partition coefficient (Wildman–Crippen LogP) is 3.70. The van der Waals surface area contributed by atoms with Crippen molar-refractivity contribution in [3.8, 4) is 11.5 Å². The Labute approximate surface area is 172 Å². The molecule has 3 rings (SSSR count). The maximum atomic E-state index is 11.9. The van der Waals surface area contributed by atoms with Crippen LogP contribution in [0.4, 0.5) is 5.69 Å². The lowest BCUT2D eigenvalue weighted by atomic mass is 10.2. The molecule has 8 nitrogen and oxygen atoms in total. The first-order chi connectivity index (χ1) is 14.6. The van der Waals surface area contributed by atoms with Crippen molar-refractivity contribution in [3.05, 3.63) is 100 Å². The predicted molar refractivity (Wildman–Crippen MR) is 112 cm³/mol. The summed E-state index contributed by atoms with van der Waals surface area (Å²) in [5.74, 6) is 0.152. The van der Waals surface area contributed by atoms with Gasteiger partial charge in [0.05, 0.1) is 11.1 Å². The summed E-state index contributed by atoms with van der Waals surface area (Å²) in [5.41, 5.74) is 3.91. The Morgan fingerprint density at radius 3 is 2.57 bits per heavy atom. The maximum absolute atomic E-state index is 11.9. The Balaban J connectivity index is 1.49. The fourth-order valence-electron chi connectivity index (χ4n) is 2.51. The number of hydrogen-bond donors (Lipinski definition) is 1. The summed E-state index contributed by atoms with van der Waals surface area (Å²) in [7, 11) is 0. The molecular weight excluding hydrogens is 386 g/mol. The van der Waals surface area contributed by atoms with E-state index >= 15 is 0 Å². The zero-order chi connectivity index (χ0) is 21.2. The number of nitro groups is 1. The third kappa shape index (κ3) is 6.16. The van der Waals surface area contributed by atoms with Gasteiger partial charge in [0.1, 0.15) is 12.4 Å². The fourth-order valence-corrected chi connectivity index (χ4v) is 2.51. The van der Waals surface area contributed by atoms with E-state index in [1.54, 1.807) is 12.1 Å². The second kappa shape index (κ2) is 10.4. The molecule has 0 bridgehead atoms. The number of nitro benzene ring substituents is 1. The van der Waals surface area contributed by atoms with E-state index in [0.717, 1.165) is 11.1 Å². The maximum Gasteiger partial charge on any atom is 0.310 e. The quantitative estimate of drug-likeness (QED) is 0.332. The van der Waals surface area contributed by atoms with E-state index in [0.29, 0.717) is 12.4 Å². The average molecular weight is 405 g/mol. The van der Waals surface area contributed by atoms with E-state index in [1.807, 2.05) is 48.5 Å². The number of amides is 1. The number of ether oxygens (including phenoxy) is 2. The molecular formula is C22H19N3O5. The lowest BCUT2D eigenvalue weighted by Gasteiger charge is -2.07. The van der Waals surface area contributed by atoms with Gasteiger partial charge in [-0.3, -0.25) is 14.9 Å². The van der Waals surface area contributed by atoms with Crippen molar-refractivity contribution in [1.82, 2.24) is 5.43 Å². The van der Waals surface area contributed by atoms with Gasteiger partial charge in [0.25, 0.3) is 5.91 Å². The lowest BCUT2D eigenvalue weighted by molar-refractivity contribution is -0.385. The Hall–Kier alpha value is -4.20. The summed E-state index contributed by atoms with van der Waals surface area (Å²) in [6.45, 7) is 0.0452. The zero-order valence-corrected chi connectivity index (χ0v) is 15.9. The van der Waals surface area contributed by atoms with Gasteiger partial charge in [-0.2, -0.15) is 5.10 Å². The summed E-state index contributed by atoms with van der Waals surface area (Å²) in [6, 6.07) is 22.9. The molecule has 0 unspecified atom stereocenters. The van der Waals surface area contributed by atoms with Crippen LogP contribution in [0.5, 0.6) is 11.5 Å². The van der Waals surface area contributed by atoms with Gasteiger partial charge in [-0.15, -0.1) is 0 Å². The first-order valence-electron chi connectivity index (χ1n) is 9.07. The third-order valence-corrected chi connectivity index (χ3v) is 3.93. The van der Waals surface area contributed by atoms with Crippen molar-refractivity contribution in [2.75, 3.05) is 6.61 Å². The van der Waals surface area contributed by atoms with Crippen LogP contribution >= 0.6 is 0 Å². The molecule has 8 heteroatoms. The molecule has 0 saturated carbocycles. The highest BCUT2D eigenvalue weighted by Gasteiger charge is 2.14. The minimum atomic E-state index is -0.571. The molecule has 0 aliphatic heterocycles. The molecule has 0 spiro atoms. The number of nitrogens with one attached hydrogen (secondary N) is 1. The molecule has 0 heterocycles. The summed E-state index contributed by atoms with van der Waals surface area (Å²) in [5, 5.41) is 14.8. The number of rotatable bonds is 9. The van der Waals surface area contributed by atoms with E-state index in [4.69, 9.17) is 9.47 Å². The number of nitrogens with zero attached hydrogens (tertiary/aromatic N) is 2. The summed E-state index contributed by atoms with van der Waals surface area (Å²) >= 11 is 0. The third-order valence-electron chi connectivity index (χ3n) is 3.93. The monoisotopic (exact) mass is 405 g/mol. The van der Waals surface area contributed by atoms with Gasteiger partial charge in [-0.25, -0.2) is 5.43 Å². The van der Waals surface area contributed by atoms with Gasteiger partial charge >= 0.3 is 5.69 Å². The van der Waals surface area contributed by atoms with Crippen LogP contribution < -0.4 is 14.9 Å². The summed E-state index contributed by atoms with van der Waals surface area (Å²) in [6.07, 6.45) is 1.47. The highest BCUT2D eigenvalue weighted by molar-refractivity contribution is 5.83. The summed E-state index contributed by atoms with van der Waals surface area (Å²) in [4.78, 5) is 22.2. The standard InChI is InChI=1S/C22H19N3O5/c26-22(16-30-21-12-5-4-11-20(21)25(27)28)24-23-14-18-9-6-10-19(13-18)29-15-17-7-2-1-3-8-17/h1-14H,15-16H2,(H,24,26). The molecule has 0 atom stereocenters. The molecule has 152 valence electrons. The second-order valence-corrected chi connectivity index (χ2v) is 6.15. The molecule has 0 saturated heterocycles. The van der Waals surface area contributed by atoms with Crippen molar-refractivity contribution in [2.45, 2.75) is 6.61 Å². The van der Waals surface area contributed by atoms with Crippen LogP contribution in [-0.4, -0.2) is 23.7 Å². The van der Waals surface area contributed by atoms with E-state index in [9.17, 15) is 14.9 Å². The van der Waals surface area contributed by atoms with E-state index in [2.05, 4.69) is 10.5 Å². The zero-order valence-electron chi connectivity index (χ0n) is 15.9. The van der Waals surface area contributed by atoms with Crippen molar-refractivity contribution in [3.63, 3.8) is 0 Å². The average Bonchev–Trinajstić information content (AvgIpc) is 2.77. The molecule has 3 aromatic carbocycles. The van der Waals surface area contributed by atoms with Crippen molar-refractivity contribution in [2.24, 2.45) is 5.10 Å². The van der Waals surface area contributed by atoms with Crippen LogP contribution in [0.2, 0.25) is 0 Å². The number of benzene rings is 3. The van der Waals surface area contributed by atoms with Gasteiger partial charge in [0.15, 0.2) is 12.4 Å². The Kier molecular flexibility index (Phi) is 7.10. The molecule has 0 aliphatic carbocycles. The molecule has 0 aromatic heterocycles. The van der Waals surface area contributed by atoms with Gasteiger partial charge in [-0.1, -0.05) is 54.6 Å². The van der Waals surface area contributed by atoms with Crippen LogP contribution in [0.25, 0.3) is 0 Å². The minimum absolute atomic E-state index is 0.0184. The Morgan fingerprint density at radius 1 is 1.00 bits per heavy atom. The van der Waals surface area contributed by atoms with Gasteiger partial charge < -0.3 is 9.47 Å². The van der Waals surface area contributed by atoms with Gasteiger partial charge in [0.2, 0.25) is 0 Å². The van der Waals surface area contributed by atoms with E-state index < -0.39 is 17.4 Å². The minimum Gasteiger partial charge on any atom is -0.489 e. The second-order valence-electron chi connectivity index (χ2n) is 6.15. The van der Waals surface area contributed by atoms with Crippen LogP contribution in [0.15, 0.2) is 84.0 Å². The van der Waals surface area contributed by atoms with Crippen LogP contribution in [-0.2, 0) is 11.4 Å². The normalized spacial score (nSPS) is 10.5. The molecule has 0 radical (unpaired) electrons. The van der Waals surface area contributed by atoms with Crippen LogP contribution in [0.1, 0.15) is 11.1 Å². The number of hydrogen-bond acceptors (Lipinski definition) is 6. The van der Waals surface area contributed by atoms with Crippen molar-refractivity contribution < 1.29 is 19.2 Å². The van der Waals surface area contributed by atoms with E-state index in [1.165, 1.54) is 24.4 Å². The number of carbonyl (C=O) groups is 1. The number of para-hydroxylation sites is 2. The Morgan fingerprint density at radius 2 is 1.77 bits per heavy atom. The topological polar surface area (TPSA) is 103 Å². The molecule has 30 heavy (non-hydrogen) atoms. The van der Waals surface area contributed by atoms with Crippen LogP contribution in [0.3, 0.4) is 0 Å². The highest BCUT2D eigenvalue weighted by Crippen LogP contribution is 2.25. The largest absolute Gasteiger partial charge is 0.489 e. The Bertz CT molecular complexity index is 1040. The first-order valence-corrected chi connectivity index (χ1v) is 9.07. The van der Waals surface area contributed by atoms with Crippen molar-refractivity contribution in [1.29, 1.82) is 0 Å². The SMILES string of the molecule is O=C(COc1ccccc1[N+](=O)[O-])NN=Cc1cccc(OCc2ccccc2)c1. The van der Waals surface area contributed by atoms with Gasteiger partial charge in [-0.05, 0) is 29.3 Å². The molecule has 0 aliphatic rings. The molecule has 1 N–H and O–H groups in total. The molecule has 0 fully saturated rings. The first kappa shape index (κ1) is 20.5. The smallest absolute Gasteiger partial charge is 0.310 e. The number of carbonyl (C=O) groups excluding carboxylic acids is 1. The fraction of sp³-hybridized carbons (Fsp3) is 0.0909. The van der Waals surface area contributed by atoms with E-state index in [-0.39, 0.29) is 11.4 Å². The summed E-state index contributed by atoms with van der Waals surface area (Å²) < 4.78 is 11.0. The lowest BCUT2D eigenvalue weighted by Crippen LogP contribution is -2.24. The van der Waals surface area contributed by atoms with Gasteiger partial charge in [0, 0.05) is 6.07 Å². The van der Waals surface area contributed by atoms with Crippen molar-refractivity contribution >= 4 is 17.8 Å². The van der Waals surface area contributed by atoms with Crippen LogP contribution in [0, 0.1) is 10.1 Å². The highest BCUT2D eigenvalue weighted by atomic mass is 16.6. The number of hydrazone groups is 1.